The molecular weight excluding hydrogens is 276 g/mol. The number of ether oxygens (including phenoxy) is 3. The van der Waals surface area contributed by atoms with E-state index in [4.69, 9.17) is 14.2 Å². The summed E-state index contributed by atoms with van der Waals surface area (Å²) in [6.07, 6.45) is 0.974. The lowest BCUT2D eigenvalue weighted by molar-refractivity contribution is 0.139. The van der Waals surface area contributed by atoms with Crippen molar-refractivity contribution < 1.29 is 14.2 Å². The molecule has 9 heteroatoms. The zero-order chi connectivity index (χ0) is 15.5. The monoisotopic (exact) mass is 300 g/mol. The van der Waals surface area contributed by atoms with E-state index in [9.17, 15) is 0 Å². The molecule has 1 aromatic rings. The Bertz CT molecular complexity index is 374. The van der Waals surface area contributed by atoms with Gasteiger partial charge in [-0.1, -0.05) is 6.92 Å². The van der Waals surface area contributed by atoms with E-state index in [0.29, 0.717) is 38.0 Å². The van der Waals surface area contributed by atoms with Gasteiger partial charge < -0.3 is 24.8 Å². The molecule has 0 spiro atoms. The van der Waals surface area contributed by atoms with Gasteiger partial charge in [0, 0.05) is 27.9 Å². The summed E-state index contributed by atoms with van der Waals surface area (Å²) in [5.74, 6) is 1.39. The fourth-order valence-electron chi connectivity index (χ4n) is 1.50. The molecule has 1 rings (SSSR count). The fraction of sp³-hybridized carbons (Fsp3) is 0.750. The lowest BCUT2D eigenvalue weighted by atomic mass is 10.5. The van der Waals surface area contributed by atoms with Crippen LogP contribution in [0.2, 0.25) is 0 Å². The van der Waals surface area contributed by atoms with Crippen molar-refractivity contribution in [2.24, 2.45) is 0 Å². The van der Waals surface area contributed by atoms with Gasteiger partial charge in [0.2, 0.25) is 17.8 Å². The summed E-state index contributed by atoms with van der Waals surface area (Å²) in [7, 11) is 4.79. The molecule has 2 N–H and O–H groups in total. The average molecular weight is 300 g/mol. The maximum Gasteiger partial charge on any atom is 0.235 e. The number of hydrogen-bond donors (Lipinski definition) is 2. The number of rotatable bonds is 11. The summed E-state index contributed by atoms with van der Waals surface area (Å²) in [5.41, 5.74) is 0. The predicted octanol–water partition coefficient (Wildman–Crippen LogP) is 0.723. The molecule has 0 radical (unpaired) electrons. The minimum Gasteiger partial charge on any atom is -0.364 e. The van der Waals surface area contributed by atoms with Crippen molar-refractivity contribution in [1.29, 1.82) is 0 Å². The summed E-state index contributed by atoms with van der Waals surface area (Å²) < 4.78 is 15.2. The zero-order valence-corrected chi connectivity index (χ0v) is 13.0. The molecule has 21 heavy (non-hydrogen) atoms. The molecule has 1 heterocycles. The first kappa shape index (κ1) is 17.3. The second-order valence-corrected chi connectivity index (χ2v) is 4.19. The number of nitrogens with zero attached hydrogens (tertiary/aromatic N) is 4. The van der Waals surface area contributed by atoms with Crippen molar-refractivity contribution in [3.05, 3.63) is 0 Å². The molecule has 0 aromatic carbocycles. The Hall–Kier alpha value is -1.71. The molecule has 0 aliphatic rings. The molecule has 0 saturated carbocycles. The normalized spacial score (nSPS) is 10.5. The molecule has 1 aromatic heterocycles. The fourth-order valence-corrected chi connectivity index (χ4v) is 1.50. The third-order valence-electron chi connectivity index (χ3n) is 2.38. The van der Waals surface area contributed by atoms with Gasteiger partial charge in [0.15, 0.2) is 0 Å². The highest BCUT2D eigenvalue weighted by Crippen LogP contribution is 2.13. The van der Waals surface area contributed by atoms with Crippen molar-refractivity contribution in [3.8, 4) is 0 Å². The Morgan fingerprint density at radius 1 is 0.905 bits per heavy atom. The number of anilines is 3. The van der Waals surface area contributed by atoms with Crippen LogP contribution in [-0.4, -0.2) is 63.0 Å². The Morgan fingerprint density at radius 3 is 2.05 bits per heavy atom. The van der Waals surface area contributed by atoms with E-state index < -0.39 is 0 Å². The number of aromatic nitrogens is 3. The quantitative estimate of drug-likeness (QED) is 0.573. The van der Waals surface area contributed by atoms with Crippen LogP contribution in [0.1, 0.15) is 13.3 Å². The minimum absolute atomic E-state index is 0.311. The standard InChI is InChI=1S/C12H24N6O3/c1-5-6-13-10-15-11(14-7-19-2)17-12(16-10)18(8-20-3)9-21-4/h5-9H2,1-4H3,(H2,13,14,15,16,17). The van der Waals surface area contributed by atoms with E-state index in [1.54, 1.807) is 26.2 Å². The molecule has 0 unspecified atom stereocenters. The molecule has 0 amide bonds. The Labute approximate surface area is 125 Å². The van der Waals surface area contributed by atoms with Gasteiger partial charge in [0.05, 0.1) is 0 Å². The van der Waals surface area contributed by atoms with Crippen molar-refractivity contribution in [2.75, 3.05) is 63.6 Å². The van der Waals surface area contributed by atoms with Crippen LogP contribution in [0.3, 0.4) is 0 Å². The van der Waals surface area contributed by atoms with E-state index in [1.807, 2.05) is 0 Å². The summed E-state index contributed by atoms with van der Waals surface area (Å²) >= 11 is 0. The van der Waals surface area contributed by atoms with Crippen molar-refractivity contribution >= 4 is 17.8 Å². The molecule has 0 aliphatic carbocycles. The zero-order valence-electron chi connectivity index (χ0n) is 13.0. The van der Waals surface area contributed by atoms with Crippen molar-refractivity contribution in [3.63, 3.8) is 0 Å². The molecule has 0 saturated heterocycles. The first-order chi connectivity index (χ1) is 10.2. The Balaban J connectivity index is 2.96. The highest BCUT2D eigenvalue weighted by atomic mass is 16.5. The molecule has 0 aliphatic heterocycles. The second-order valence-electron chi connectivity index (χ2n) is 4.19. The molecule has 0 bridgehead atoms. The lowest BCUT2D eigenvalue weighted by Gasteiger charge is -2.21. The van der Waals surface area contributed by atoms with Crippen LogP contribution >= 0.6 is 0 Å². The van der Waals surface area contributed by atoms with E-state index >= 15 is 0 Å². The highest BCUT2D eigenvalue weighted by molar-refractivity contribution is 5.43. The van der Waals surface area contributed by atoms with Crippen LogP contribution < -0.4 is 15.5 Å². The van der Waals surface area contributed by atoms with E-state index in [0.717, 1.165) is 13.0 Å². The maximum atomic E-state index is 5.13. The largest absolute Gasteiger partial charge is 0.364 e. The number of hydrogen-bond acceptors (Lipinski definition) is 9. The minimum atomic E-state index is 0.311. The van der Waals surface area contributed by atoms with Gasteiger partial charge in [-0.3, -0.25) is 4.90 Å². The van der Waals surface area contributed by atoms with Crippen LogP contribution in [0.15, 0.2) is 0 Å². The van der Waals surface area contributed by atoms with Gasteiger partial charge in [0.25, 0.3) is 0 Å². The third-order valence-corrected chi connectivity index (χ3v) is 2.38. The van der Waals surface area contributed by atoms with Gasteiger partial charge in [0.1, 0.15) is 20.2 Å². The van der Waals surface area contributed by atoms with Crippen molar-refractivity contribution in [1.82, 2.24) is 15.0 Å². The molecule has 120 valence electrons. The van der Waals surface area contributed by atoms with Crippen LogP contribution in [0.25, 0.3) is 0 Å². The van der Waals surface area contributed by atoms with E-state index in [2.05, 4.69) is 32.5 Å². The highest BCUT2D eigenvalue weighted by Gasteiger charge is 2.13. The summed E-state index contributed by atoms with van der Waals surface area (Å²) in [6.45, 7) is 3.79. The first-order valence-electron chi connectivity index (χ1n) is 6.70. The summed E-state index contributed by atoms with van der Waals surface area (Å²) in [5, 5.41) is 6.10. The van der Waals surface area contributed by atoms with E-state index in [1.165, 1.54) is 0 Å². The predicted molar refractivity (Wildman–Crippen MR) is 80.3 cm³/mol. The van der Waals surface area contributed by atoms with Crippen LogP contribution in [0.4, 0.5) is 17.8 Å². The SMILES string of the molecule is CCCNc1nc(NCOC)nc(N(COC)COC)n1. The molecular formula is C12H24N6O3. The Morgan fingerprint density at radius 2 is 1.52 bits per heavy atom. The number of methoxy groups -OCH3 is 3. The van der Waals surface area contributed by atoms with Crippen molar-refractivity contribution in [2.45, 2.75) is 13.3 Å². The first-order valence-corrected chi connectivity index (χ1v) is 6.70. The molecule has 0 atom stereocenters. The van der Waals surface area contributed by atoms with Crippen LogP contribution in [0, 0.1) is 0 Å². The topological polar surface area (TPSA) is 93.7 Å². The van der Waals surface area contributed by atoms with Crippen LogP contribution in [-0.2, 0) is 14.2 Å². The smallest absolute Gasteiger partial charge is 0.235 e. The van der Waals surface area contributed by atoms with Gasteiger partial charge in [-0.05, 0) is 6.42 Å². The van der Waals surface area contributed by atoms with Crippen LogP contribution in [0.5, 0.6) is 0 Å². The Kier molecular flexibility index (Phi) is 8.32. The van der Waals surface area contributed by atoms with E-state index in [-0.39, 0.29) is 0 Å². The molecule has 0 fully saturated rings. The van der Waals surface area contributed by atoms with Gasteiger partial charge >= 0.3 is 0 Å². The second kappa shape index (κ2) is 10.1. The lowest BCUT2D eigenvalue weighted by Crippen LogP contribution is -2.30. The summed E-state index contributed by atoms with van der Waals surface area (Å²) in [4.78, 5) is 14.7. The third kappa shape index (κ3) is 6.06. The number of nitrogens with one attached hydrogen (secondary N) is 2. The summed E-state index contributed by atoms with van der Waals surface area (Å²) in [6, 6.07) is 0. The average Bonchev–Trinajstić information content (AvgIpc) is 2.50. The van der Waals surface area contributed by atoms with Gasteiger partial charge in [-0.15, -0.1) is 0 Å². The van der Waals surface area contributed by atoms with Gasteiger partial charge in [-0.25, -0.2) is 0 Å². The van der Waals surface area contributed by atoms with Gasteiger partial charge in [-0.2, -0.15) is 15.0 Å². The molecule has 9 nitrogen and oxygen atoms in total. The maximum absolute atomic E-state index is 5.13.